The molecule has 89 valence electrons. The van der Waals surface area contributed by atoms with Crippen molar-refractivity contribution in [2.24, 2.45) is 0 Å². The number of unbranched alkanes of at least 4 members (excludes halogenated alkanes) is 1. The van der Waals surface area contributed by atoms with Crippen molar-refractivity contribution in [1.29, 1.82) is 0 Å². The maximum atomic E-state index is 2.38. The number of rotatable bonds is 3. The van der Waals surface area contributed by atoms with Crippen LogP contribution in [0.4, 0.5) is 0 Å². The van der Waals surface area contributed by atoms with E-state index in [9.17, 15) is 0 Å². The van der Waals surface area contributed by atoms with Crippen LogP contribution in [0.2, 0.25) is 0 Å². The molecule has 0 heteroatoms. The van der Waals surface area contributed by atoms with E-state index in [1.807, 2.05) is 0 Å². The molecule has 18 heavy (non-hydrogen) atoms. The van der Waals surface area contributed by atoms with Crippen molar-refractivity contribution in [2.45, 2.75) is 19.8 Å². The lowest BCUT2D eigenvalue weighted by molar-refractivity contribution is 0.918. The van der Waals surface area contributed by atoms with Gasteiger partial charge in [0.25, 0.3) is 0 Å². The Bertz CT molecular complexity index is 626. The van der Waals surface area contributed by atoms with Crippen molar-refractivity contribution in [1.82, 2.24) is 0 Å². The Morgan fingerprint density at radius 1 is 0.833 bits per heavy atom. The minimum atomic E-state index is 1.14. The van der Waals surface area contributed by atoms with E-state index < -0.39 is 0 Å². The first-order valence-electron chi connectivity index (χ1n) is 6.64. The van der Waals surface area contributed by atoms with Gasteiger partial charge in [0.1, 0.15) is 0 Å². The van der Waals surface area contributed by atoms with Gasteiger partial charge in [-0.25, -0.2) is 0 Å². The summed E-state index contributed by atoms with van der Waals surface area (Å²) in [6.45, 7) is 2.23. The van der Waals surface area contributed by atoms with Crippen LogP contribution in [0.5, 0.6) is 0 Å². The highest BCUT2D eigenvalue weighted by molar-refractivity contribution is 6.03. The normalized spacial score (nSPS) is 11.2. The van der Waals surface area contributed by atoms with Crippen LogP contribution in [0, 0.1) is 6.42 Å². The number of hydrogen-bond donors (Lipinski definition) is 0. The average molecular weight is 233 g/mol. The molecule has 0 atom stereocenters. The molecule has 0 heterocycles. The number of benzene rings is 3. The fraction of sp³-hybridized carbons (Fsp3) is 0.167. The quantitative estimate of drug-likeness (QED) is 0.535. The molecule has 0 amide bonds. The first-order chi connectivity index (χ1) is 8.90. The Morgan fingerprint density at radius 2 is 1.39 bits per heavy atom. The Morgan fingerprint density at radius 3 is 1.94 bits per heavy atom. The van der Waals surface area contributed by atoms with Crippen LogP contribution in [-0.4, -0.2) is 0 Å². The first kappa shape index (κ1) is 11.3. The van der Waals surface area contributed by atoms with Crippen LogP contribution in [0.25, 0.3) is 21.5 Å². The lowest BCUT2D eigenvalue weighted by Gasteiger charge is -2.10. The van der Waals surface area contributed by atoms with E-state index >= 15 is 0 Å². The molecule has 0 saturated heterocycles. The Labute approximate surface area is 108 Å². The third-order valence-corrected chi connectivity index (χ3v) is 3.45. The van der Waals surface area contributed by atoms with E-state index in [0.29, 0.717) is 0 Å². The Balaban J connectivity index is 2.34. The summed E-state index contributed by atoms with van der Waals surface area (Å²) in [5, 5.41) is 5.39. The van der Waals surface area contributed by atoms with E-state index in [1.165, 1.54) is 33.5 Å². The molecule has 3 aromatic rings. The highest BCUT2D eigenvalue weighted by Crippen LogP contribution is 2.30. The zero-order valence-corrected chi connectivity index (χ0v) is 10.7. The van der Waals surface area contributed by atoms with Crippen LogP contribution < -0.4 is 0 Å². The molecular formula is C18H17. The lowest BCUT2D eigenvalue weighted by Crippen LogP contribution is -1.88. The predicted molar refractivity (Wildman–Crippen MR) is 79.8 cm³/mol. The van der Waals surface area contributed by atoms with Gasteiger partial charge in [0.15, 0.2) is 0 Å². The molecule has 0 fully saturated rings. The van der Waals surface area contributed by atoms with Gasteiger partial charge in [0, 0.05) is 0 Å². The third-order valence-electron chi connectivity index (χ3n) is 3.45. The monoisotopic (exact) mass is 233 g/mol. The van der Waals surface area contributed by atoms with Gasteiger partial charge in [-0.15, -0.1) is 0 Å². The van der Waals surface area contributed by atoms with Crippen molar-refractivity contribution in [3.05, 3.63) is 66.6 Å². The summed E-state index contributed by atoms with van der Waals surface area (Å²) in [5.74, 6) is 0. The summed E-state index contributed by atoms with van der Waals surface area (Å²) >= 11 is 0. The van der Waals surface area contributed by atoms with Crippen molar-refractivity contribution in [3.8, 4) is 0 Å². The smallest absolute Gasteiger partial charge is 0.00804 e. The first-order valence-corrected chi connectivity index (χ1v) is 6.64. The summed E-state index contributed by atoms with van der Waals surface area (Å²) in [6, 6.07) is 19.6. The largest absolute Gasteiger partial charge is 0.0654 e. The number of fused-ring (bicyclic) bond motifs is 2. The zero-order chi connectivity index (χ0) is 12.4. The van der Waals surface area contributed by atoms with E-state index in [4.69, 9.17) is 0 Å². The van der Waals surface area contributed by atoms with Gasteiger partial charge in [-0.05, 0) is 46.0 Å². The molecule has 0 aliphatic rings. The van der Waals surface area contributed by atoms with Crippen molar-refractivity contribution >= 4 is 21.5 Å². The van der Waals surface area contributed by atoms with Crippen LogP contribution in [0.3, 0.4) is 0 Å². The highest BCUT2D eigenvalue weighted by Gasteiger charge is 2.06. The fourth-order valence-electron chi connectivity index (χ4n) is 2.56. The SMILES string of the molecule is CCC[CH]c1c2ccccc2cc2ccccc12. The second kappa shape index (κ2) is 4.81. The third kappa shape index (κ3) is 1.88. The van der Waals surface area contributed by atoms with Gasteiger partial charge in [0.2, 0.25) is 0 Å². The molecule has 0 aromatic heterocycles. The molecule has 0 nitrogen and oxygen atoms in total. The van der Waals surface area contributed by atoms with E-state index in [1.54, 1.807) is 0 Å². The molecule has 1 radical (unpaired) electrons. The van der Waals surface area contributed by atoms with Crippen LogP contribution in [-0.2, 0) is 0 Å². The van der Waals surface area contributed by atoms with Gasteiger partial charge >= 0.3 is 0 Å². The van der Waals surface area contributed by atoms with E-state index in [0.717, 1.165) is 6.42 Å². The molecule has 0 spiro atoms. The lowest BCUT2D eigenvalue weighted by atomic mass is 9.94. The Hall–Kier alpha value is -1.82. The summed E-state index contributed by atoms with van der Waals surface area (Å²) in [5.41, 5.74) is 1.39. The van der Waals surface area contributed by atoms with Gasteiger partial charge in [-0.3, -0.25) is 0 Å². The molecule has 0 saturated carbocycles. The second-order valence-electron chi connectivity index (χ2n) is 4.73. The molecule has 3 rings (SSSR count). The summed E-state index contributed by atoms with van der Waals surface area (Å²) in [7, 11) is 0. The molecule has 0 aliphatic carbocycles. The van der Waals surface area contributed by atoms with Crippen molar-refractivity contribution in [2.75, 3.05) is 0 Å². The van der Waals surface area contributed by atoms with Gasteiger partial charge in [-0.1, -0.05) is 61.9 Å². The topological polar surface area (TPSA) is 0 Å². The molecule has 0 unspecified atom stereocenters. The fourth-order valence-corrected chi connectivity index (χ4v) is 2.56. The predicted octanol–water partition coefficient (Wildman–Crippen LogP) is 5.35. The molecule has 0 aliphatic heterocycles. The highest BCUT2D eigenvalue weighted by atomic mass is 14.1. The molecular weight excluding hydrogens is 216 g/mol. The van der Waals surface area contributed by atoms with Gasteiger partial charge in [0.05, 0.1) is 0 Å². The van der Waals surface area contributed by atoms with Crippen LogP contribution in [0.15, 0.2) is 54.6 Å². The molecule has 0 bridgehead atoms. The minimum Gasteiger partial charge on any atom is -0.0654 e. The number of hydrogen-bond acceptors (Lipinski definition) is 0. The molecule has 0 N–H and O–H groups in total. The van der Waals surface area contributed by atoms with E-state index in [2.05, 4.69) is 67.9 Å². The van der Waals surface area contributed by atoms with Crippen molar-refractivity contribution in [3.63, 3.8) is 0 Å². The summed E-state index contributed by atoms with van der Waals surface area (Å²) in [6.07, 6.45) is 4.71. The second-order valence-corrected chi connectivity index (χ2v) is 4.73. The van der Waals surface area contributed by atoms with Gasteiger partial charge < -0.3 is 0 Å². The summed E-state index contributed by atoms with van der Waals surface area (Å²) in [4.78, 5) is 0. The van der Waals surface area contributed by atoms with Crippen LogP contribution in [0.1, 0.15) is 25.3 Å². The maximum Gasteiger partial charge on any atom is -0.00804 e. The maximum absolute atomic E-state index is 2.38. The zero-order valence-electron chi connectivity index (χ0n) is 10.7. The van der Waals surface area contributed by atoms with Gasteiger partial charge in [-0.2, -0.15) is 0 Å². The van der Waals surface area contributed by atoms with E-state index in [-0.39, 0.29) is 0 Å². The average Bonchev–Trinajstić information content (AvgIpc) is 2.43. The standard InChI is InChI=1S/C18H17/c1-2-3-10-18-16-11-6-4-8-14(16)13-15-9-5-7-12-17(15)18/h4-13H,2-3H2,1H3. The van der Waals surface area contributed by atoms with Crippen LogP contribution >= 0.6 is 0 Å². The minimum absolute atomic E-state index is 1.14. The summed E-state index contributed by atoms with van der Waals surface area (Å²) < 4.78 is 0. The van der Waals surface area contributed by atoms with Crippen molar-refractivity contribution < 1.29 is 0 Å². The molecule has 3 aromatic carbocycles. The Kier molecular flexibility index (Phi) is 3.02.